The fourth-order valence-corrected chi connectivity index (χ4v) is 1.63. The smallest absolute Gasteiger partial charge is 0.341 e. The third-order valence-corrected chi connectivity index (χ3v) is 2.85. The SMILES string of the molecule is CCCOC(=O)c1ccc(O)cc1.COC(=O)c1ccccc1O. The van der Waals surface area contributed by atoms with Gasteiger partial charge in [-0.1, -0.05) is 19.1 Å². The van der Waals surface area contributed by atoms with Gasteiger partial charge in [0.2, 0.25) is 0 Å². The van der Waals surface area contributed by atoms with Crippen molar-refractivity contribution in [2.24, 2.45) is 0 Å². The maximum Gasteiger partial charge on any atom is 0.341 e. The van der Waals surface area contributed by atoms with Crippen LogP contribution in [0.15, 0.2) is 48.5 Å². The number of aromatic hydroxyl groups is 2. The van der Waals surface area contributed by atoms with Crippen molar-refractivity contribution in [2.45, 2.75) is 13.3 Å². The normalized spacial score (nSPS) is 9.42. The van der Waals surface area contributed by atoms with Crippen molar-refractivity contribution in [3.8, 4) is 11.5 Å². The maximum atomic E-state index is 11.2. The summed E-state index contributed by atoms with van der Waals surface area (Å²) >= 11 is 0. The quantitative estimate of drug-likeness (QED) is 0.836. The van der Waals surface area contributed by atoms with Gasteiger partial charge < -0.3 is 19.7 Å². The Kier molecular flexibility index (Phi) is 7.84. The number of hydrogen-bond donors (Lipinski definition) is 2. The molecule has 0 unspecified atom stereocenters. The summed E-state index contributed by atoms with van der Waals surface area (Å²) in [4.78, 5) is 22.1. The first-order valence-corrected chi connectivity index (χ1v) is 7.32. The van der Waals surface area contributed by atoms with Gasteiger partial charge in [0.05, 0.1) is 19.3 Å². The molecule has 0 aliphatic rings. The molecule has 0 aliphatic heterocycles. The Bertz CT molecular complexity index is 663. The molecule has 0 atom stereocenters. The fraction of sp³-hybridized carbons (Fsp3) is 0.222. The lowest BCUT2D eigenvalue weighted by atomic mass is 10.2. The van der Waals surface area contributed by atoms with Gasteiger partial charge in [0.15, 0.2) is 0 Å². The van der Waals surface area contributed by atoms with Crippen molar-refractivity contribution in [1.82, 2.24) is 0 Å². The molecule has 0 aromatic heterocycles. The van der Waals surface area contributed by atoms with Gasteiger partial charge in [0.1, 0.15) is 17.1 Å². The van der Waals surface area contributed by atoms with Crippen LogP contribution in [-0.2, 0) is 9.47 Å². The molecule has 0 fully saturated rings. The molecule has 6 heteroatoms. The topological polar surface area (TPSA) is 93.1 Å². The van der Waals surface area contributed by atoms with E-state index in [1.165, 1.54) is 43.5 Å². The zero-order valence-corrected chi connectivity index (χ0v) is 13.6. The van der Waals surface area contributed by atoms with Crippen molar-refractivity contribution in [3.63, 3.8) is 0 Å². The Morgan fingerprint density at radius 1 is 0.958 bits per heavy atom. The van der Waals surface area contributed by atoms with E-state index in [-0.39, 0.29) is 23.0 Å². The van der Waals surface area contributed by atoms with E-state index in [1.807, 2.05) is 6.92 Å². The third-order valence-electron chi connectivity index (χ3n) is 2.85. The number of benzene rings is 2. The average Bonchev–Trinajstić information content (AvgIpc) is 2.60. The van der Waals surface area contributed by atoms with Crippen molar-refractivity contribution >= 4 is 11.9 Å². The number of phenols is 2. The Morgan fingerprint density at radius 3 is 2.12 bits per heavy atom. The van der Waals surface area contributed by atoms with Crippen LogP contribution in [0.25, 0.3) is 0 Å². The Balaban J connectivity index is 0.000000243. The van der Waals surface area contributed by atoms with E-state index in [0.29, 0.717) is 12.2 Å². The van der Waals surface area contributed by atoms with Crippen molar-refractivity contribution in [3.05, 3.63) is 59.7 Å². The summed E-state index contributed by atoms with van der Waals surface area (Å²) < 4.78 is 9.31. The van der Waals surface area contributed by atoms with Gasteiger partial charge >= 0.3 is 11.9 Å². The molecule has 2 aromatic rings. The number of esters is 2. The van der Waals surface area contributed by atoms with Gasteiger partial charge in [0.25, 0.3) is 0 Å². The molecule has 0 radical (unpaired) electrons. The molecule has 0 saturated carbocycles. The summed E-state index contributed by atoms with van der Waals surface area (Å²) in [7, 11) is 1.27. The van der Waals surface area contributed by atoms with Crippen molar-refractivity contribution in [1.29, 1.82) is 0 Å². The van der Waals surface area contributed by atoms with Crippen LogP contribution in [0.1, 0.15) is 34.1 Å². The third kappa shape index (κ3) is 6.00. The van der Waals surface area contributed by atoms with E-state index in [0.717, 1.165) is 6.42 Å². The minimum Gasteiger partial charge on any atom is -0.508 e. The molecule has 2 aromatic carbocycles. The summed E-state index contributed by atoms with van der Waals surface area (Å²) in [6.45, 7) is 2.36. The predicted octanol–water partition coefficient (Wildman–Crippen LogP) is 3.14. The molecule has 0 spiro atoms. The molecule has 0 saturated heterocycles. The van der Waals surface area contributed by atoms with Gasteiger partial charge in [-0.3, -0.25) is 0 Å². The first-order valence-electron chi connectivity index (χ1n) is 7.32. The van der Waals surface area contributed by atoms with Gasteiger partial charge in [-0.15, -0.1) is 0 Å². The Morgan fingerprint density at radius 2 is 1.58 bits per heavy atom. The van der Waals surface area contributed by atoms with Crippen LogP contribution in [0.2, 0.25) is 0 Å². The second-order valence-corrected chi connectivity index (χ2v) is 4.69. The molecule has 0 aliphatic carbocycles. The van der Waals surface area contributed by atoms with E-state index in [2.05, 4.69) is 4.74 Å². The second kappa shape index (κ2) is 9.89. The zero-order valence-electron chi connectivity index (χ0n) is 13.6. The van der Waals surface area contributed by atoms with E-state index in [1.54, 1.807) is 12.1 Å². The highest BCUT2D eigenvalue weighted by Gasteiger charge is 2.08. The lowest BCUT2D eigenvalue weighted by Gasteiger charge is -2.02. The number of carbonyl (C=O) groups is 2. The first kappa shape index (κ1) is 19.0. The first-order chi connectivity index (χ1) is 11.5. The number of rotatable bonds is 4. The predicted molar refractivity (Wildman–Crippen MR) is 88.1 cm³/mol. The van der Waals surface area contributed by atoms with E-state index >= 15 is 0 Å². The molecule has 128 valence electrons. The van der Waals surface area contributed by atoms with Gasteiger partial charge in [0, 0.05) is 0 Å². The number of phenolic OH excluding ortho intramolecular Hbond substituents is 2. The molecule has 0 amide bonds. The molecular weight excluding hydrogens is 312 g/mol. The highest BCUT2D eigenvalue weighted by atomic mass is 16.5. The molecule has 6 nitrogen and oxygen atoms in total. The fourth-order valence-electron chi connectivity index (χ4n) is 1.63. The van der Waals surface area contributed by atoms with Crippen LogP contribution in [0.5, 0.6) is 11.5 Å². The van der Waals surface area contributed by atoms with Gasteiger partial charge in [-0.25, -0.2) is 9.59 Å². The number of ether oxygens (including phenoxy) is 2. The van der Waals surface area contributed by atoms with Crippen LogP contribution in [0.4, 0.5) is 0 Å². The van der Waals surface area contributed by atoms with Crippen LogP contribution in [-0.4, -0.2) is 35.9 Å². The summed E-state index contributed by atoms with van der Waals surface area (Å²) in [5, 5.41) is 18.1. The number of methoxy groups -OCH3 is 1. The molecule has 2 rings (SSSR count). The minimum atomic E-state index is -0.525. The zero-order chi connectivity index (χ0) is 17.9. The summed E-state index contributed by atoms with van der Waals surface area (Å²) in [5.74, 6) is -0.781. The summed E-state index contributed by atoms with van der Waals surface area (Å²) in [5.41, 5.74) is 0.654. The Hall–Kier alpha value is -3.02. The van der Waals surface area contributed by atoms with Crippen molar-refractivity contribution in [2.75, 3.05) is 13.7 Å². The van der Waals surface area contributed by atoms with Crippen LogP contribution >= 0.6 is 0 Å². The maximum absolute atomic E-state index is 11.2. The van der Waals surface area contributed by atoms with Crippen LogP contribution in [0.3, 0.4) is 0 Å². The molecule has 0 bridgehead atoms. The summed E-state index contributed by atoms with van der Waals surface area (Å²) in [6.07, 6.45) is 0.809. The lowest BCUT2D eigenvalue weighted by Crippen LogP contribution is -2.05. The standard InChI is InChI=1S/C10H12O3.C8H8O3/c1-2-7-13-10(12)8-3-5-9(11)6-4-8;1-11-8(10)6-4-2-3-5-7(6)9/h3-6,11H,2,7H2,1H3;2-5,9H,1H3. The molecular formula is C18H20O6. The van der Waals surface area contributed by atoms with Crippen LogP contribution < -0.4 is 0 Å². The number of para-hydroxylation sites is 1. The highest BCUT2D eigenvalue weighted by molar-refractivity contribution is 5.92. The average molecular weight is 332 g/mol. The highest BCUT2D eigenvalue weighted by Crippen LogP contribution is 2.15. The second-order valence-electron chi connectivity index (χ2n) is 4.69. The molecule has 0 heterocycles. The van der Waals surface area contributed by atoms with Crippen molar-refractivity contribution < 1.29 is 29.3 Å². The summed E-state index contributed by atoms with van der Waals surface area (Å²) in [6, 6.07) is 12.2. The van der Waals surface area contributed by atoms with E-state index in [9.17, 15) is 9.59 Å². The molecule has 2 N–H and O–H groups in total. The van der Waals surface area contributed by atoms with Gasteiger partial charge in [-0.2, -0.15) is 0 Å². The minimum absolute atomic E-state index is 0.0562. The largest absolute Gasteiger partial charge is 0.508 e. The van der Waals surface area contributed by atoms with Gasteiger partial charge in [-0.05, 0) is 42.8 Å². The number of hydrogen-bond acceptors (Lipinski definition) is 6. The van der Waals surface area contributed by atoms with E-state index in [4.69, 9.17) is 14.9 Å². The van der Waals surface area contributed by atoms with E-state index < -0.39 is 5.97 Å². The Labute approximate surface area is 140 Å². The van der Waals surface area contributed by atoms with Crippen LogP contribution in [0, 0.1) is 0 Å². The monoisotopic (exact) mass is 332 g/mol. The lowest BCUT2D eigenvalue weighted by molar-refractivity contribution is 0.0504. The number of carbonyl (C=O) groups excluding carboxylic acids is 2. The molecule has 24 heavy (non-hydrogen) atoms.